The second kappa shape index (κ2) is 4.76. The summed E-state index contributed by atoms with van der Waals surface area (Å²) in [6.07, 6.45) is 1.40. The molecule has 16 heavy (non-hydrogen) atoms. The molecule has 0 aliphatic heterocycles. The number of hydrogen-bond donors (Lipinski definition) is 1. The van der Waals surface area contributed by atoms with Gasteiger partial charge in [0, 0.05) is 11.6 Å². The SMILES string of the molecule is Cc1nc(CNc2ncc(Cl)cc2F)cs1. The second-order valence-corrected chi connectivity index (χ2v) is 4.69. The third-order valence-electron chi connectivity index (χ3n) is 1.91. The lowest BCUT2D eigenvalue weighted by atomic mass is 10.4. The van der Waals surface area contributed by atoms with Gasteiger partial charge in [-0.25, -0.2) is 14.4 Å². The standard InChI is InChI=1S/C10H9ClFN3S/c1-6-15-8(5-16-6)4-14-10-9(12)2-7(11)3-13-10/h2-3,5H,4H2,1H3,(H,13,14). The highest BCUT2D eigenvalue weighted by Gasteiger charge is 2.05. The molecule has 0 amide bonds. The third-order valence-corrected chi connectivity index (χ3v) is 2.94. The fourth-order valence-corrected chi connectivity index (χ4v) is 1.97. The van der Waals surface area contributed by atoms with Crippen LogP contribution in [-0.4, -0.2) is 9.97 Å². The molecule has 0 spiro atoms. The smallest absolute Gasteiger partial charge is 0.166 e. The number of pyridine rings is 1. The Kier molecular flexibility index (Phi) is 3.36. The summed E-state index contributed by atoms with van der Waals surface area (Å²) in [5.41, 5.74) is 0.874. The highest BCUT2D eigenvalue weighted by Crippen LogP contribution is 2.16. The first-order chi connectivity index (χ1) is 7.65. The van der Waals surface area contributed by atoms with E-state index in [0.717, 1.165) is 10.7 Å². The van der Waals surface area contributed by atoms with Gasteiger partial charge in [-0.3, -0.25) is 0 Å². The molecule has 0 fully saturated rings. The van der Waals surface area contributed by atoms with E-state index in [1.807, 2.05) is 12.3 Å². The molecule has 0 saturated carbocycles. The van der Waals surface area contributed by atoms with Crippen molar-refractivity contribution in [1.29, 1.82) is 0 Å². The zero-order chi connectivity index (χ0) is 11.5. The molecular weight excluding hydrogens is 249 g/mol. The molecule has 2 heterocycles. The molecule has 0 atom stereocenters. The van der Waals surface area contributed by atoms with Gasteiger partial charge in [0.2, 0.25) is 0 Å². The molecule has 0 bridgehead atoms. The van der Waals surface area contributed by atoms with Crippen LogP contribution in [0.3, 0.4) is 0 Å². The zero-order valence-electron chi connectivity index (χ0n) is 8.50. The minimum Gasteiger partial charge on any atom is -0.362 e. The number of nitrogens with one attached hydrogen (secondary N) is 1. The summed E-state index contributed by atoms with van der Waals surface area (Å²) in [6, 6.07) is 1.23. The van der Waals surface area contributed by atoms with Crippen LogP contribution in [0.2, 0.25) is 5.02 Å². The zero-order valence-corrected chi connectivity index (χ0v) is 10.1. The van der Waals surface area contributed by atoms with Crippen LogP contribution in [-0.2, 0) is 6.54 Å². The number of aryl methyl sites for hydroxylation is 1. The van der Waals surface area contributed by atoms with Crippen molar-refractivity contribution in [2.75, 3.05) is 5.32 Å². The van der Waals surface area contributed by atoms with Gasteiger partial charge in [0.25, 0.3) is 0 Å². The molecule has 0 radical (unpaired) electrons. The summed E-state index contributed by atoms with van der Waals surface area (Å²) in [7, 11) is 0. The molecule has 1 N–H and O–H groups in total. The van der Waals surface area contributed by atoms with E-state index in [9.17, 15) is 4.39 Å². The molecule has 2 aromatic heterocycles. The van der Waals surface area contributed by atoms with Crippen LogP contribution in [0.5, 0.6) is 0 Å². The predicted octanol–water partition coefficient (Wildman–Crippen LogP) is 3.25. The van der Waals surface area contributed by atoms with Gasteiger partial charge in [0.05, 0.1) is 22.3 Å². The van der Waals surface area contributed by atoms with E-state index < -0.39 is 5.82 Å². The van der Waals surface area contributed by atoms with Crippen molar-refractivity contribution in [3.8, 4) is 0 Å². The highest BCUT2D eigenvalue weighted by atomic mass is 35.5. The Morgan fingerprint density at radius 3 is 3.00 bits per heavy atom. The van der Waals surface area contributed by atoms with Crippen molar-refractivity contribution in [3.05, 3.63) is 39.2 Å². The maximum absolute atomic E-state index is 13.3. The number of hydrogen-bond acceptors (Lipinski definition) is 4. The van der Waals surface area contributed by atoms with Crippen LogP contribution >= 0.6 is 22.9 Å². The van der Waals surface area contributed by atoms with E-state index in [1.54, 1.807) is 11.3 Å². The minimum atomic E-state index is -0.459. The Morgan fingerprint density at radius 2 is 2.38 bits per heavy atom. The van der Waals surface area contributed by atoms with Crippen LogP contribution in [0, 0.1) is 12.7 Å². The number of nitrogens with zero attached hydrogens (tertiary/aromatic N) is 2. The number of halogens is 2. The summed E-state index contributed by atoms with van der Waals surface area (Å²) >= 11 is 7.16. The van der Waals surface area contributed by atoms with Crippen LogP contribution in [0.15, 0.2) is 17.6 Å². The van der Waals surface area contributed by atoms with Crippen LogP contribution in [0.1, 0.15) is 10.7 Å². The molecular formula is C10H9ClFN3S. The Hall–Kier alpha value is -1.20. The lowest BCUT2D eigenvalue weighted by Gasteiger charge is -2.04. The third kappa shape index (κ3) is 2.68. The van der Waals surface area contributed by atoms with Crippen molar-refractivity contribution < 1.29 is 4.39 Å². The molecule has 3 nitrogen and oxygen atoms in total. The predicted molar refractivity (Wildman–Crippen MR) is 63.4 cm³/mol. The van der Waals surface area contributed by atoms with Gasteiger partial charge in [-0.15, -0.1) is 11.3 Å². The molecule has 0 saturated heterocycles. The van der Waals surface area contributed by atoms with Crippen molar-refractivity contribution in [3.63, 3.8) is 0 Å². The van der Waals surface area contributed by atoms with E-state index >= 15 is 0 Å². The summed E-state index contributed by atoms with van der Waals surface area (Å²) < 4.78 is 13.3. The van der Waals surface area contributed by atoms with Gasteiger partial charge in [-0.2, -0.15) is 0 Å². The average Bonchev–Trinajstić information content (AvgIpc) is 2.63. The number of rotatable bonds is 3. The fourth-order valence-electron chi connectivity index (χ4n) is 1.21. The van der Waals surface area contributed by atoms with Gasteiger partial charge in [-0.1, -0.05) is 11.6 Å². The molecule has 0 aliphatic rings. The first-order valence-electron chi connectivity index (χ1n) is 4.61. The topological polar surface area (TPSA) is 37.8 Å². The number of aromatic nitrogens is 2. The van der Waals surface area contributed by atoms with Crippen LogP contribution in [0.4, 0.5) is 10.2 Å². The van der Waals surface area contributed by atoms with Crippen molar-refractivity contribution in [2.45, 2.75) is 13.5 Å². The second-order valence-electron chi connectivity index (χ2n) is 3.20. The molecule has 0 aliphatic carbocycles. The van der Waals surface area contributed by atoms with Gasteiger partial charge in [0.15, 0.2) is 11.6 Å². The molecule has 6 heteroatoms. The van der Waals surface area contributed by atoms with Crippen molar-refractivity contribution >= 4 is 28.8 Å². The Bertz CT molecular complexity index is 501. The summed E-state index contributed by atoms with van der Waals surface area (Å²) in [5.74, 6) is -0.269. The first-order valence-corrected chi connectivity index (χ1v) is 5.87. The van der Waals surface area contributed by atoms with Gasteiger partial charge < -0.3 is 5.32 Å². The highest BCUT2D eigenvalue weighted by molar-refractivity contribution is 7.09. The maximum Gasteiger partial charge on any atom is 0.166 e. The summed E-state index contributed by atoms with van der Waals surface area (Å²) in [6.45, 7) is 2.38. The van der Waals surface area contributed by atoms with Crippen molar-refractivity contribution in [1.82, 2.24) is 9.97 Å². The van der Waals surface area contributed by atoms with Gasteiger partial charge in [0.1, 0.15) is 0 Å². The van der Waals surface area contributed by atoms with Gasteiger partial charge >= 0.3 is 0 Å². The van der Waals surface area contributed by atoms with Crippen molar-refractivity contribution in [2.24, 2.45) is 0 Å². The fraction of sp³-hybridized carbons (Fsp3) is 0.200. The van der Waals surface area contributed by atoms with Crippen LogP contribution < -0.4 is 5.32 Å². The van der Waals surface area contributed by atoms with E-state index in [2.05, 4.69) is 15.3 Å². The van der Waals surface area contributed by atoms with Crippen LogP contribution in [0.25, 0.3) is 0 Å². The Balaban J connectivity index is 2.04. The minimum absolute atomic E-state index is 0.190. The summed E-state index contributed by atoms with van der Waals surface area (Å²) in [4.78, 5) is 8.11. The first kappa shape index (κ1) is 11.3. The Morgan fingerprint density at radius 1 is 1.56 bits per heavy atom. The monoisotopic (exact) mass is 257 g/mol. The maximum atomic E-state index is 13.3. The Labute approximate surface area is 101 Å². The van der Waals surface area contributed by atoms with Gasteiger partial charge in [-0.05, 0) is 13.0 Å². The lowest BCUT2D eigenvalue weighted by Crippen LogP contribution is -2.03. The normalized spacial score (nSPS) is 10.4. The average molecular weight is 258 g/mol. The summed E-state index contributed by atoms with van der Waals surface area (Å²) in [5, 5.41) is 6.07. The van der Waals surface area contributed by atoms with E-state index in [4.69, 9.17) is 11.6 Å². The van der Waals surface area contributed by atoms with E-state index in [1.165, 1.54) is 12.3 Å². The molecule has 84 valence electrons. The van der Waals surface area contributed by atoms with E-state index in [0.29, 0.717) is 6.54 Å². The molecule has 0 unspecified atom stereocenters. The number of anilines is 1. The largest absolute Gasteiger partial charge is 0.362 e. The number of thiazole rings is 1. The quantitative estimate of drug-likeness (QED) is 0.917. The van der Waals surface area contributed by atoms with E-state index in [-0.39, 0.29) is 10.8 Å². The molecule has 2 rings (SSSR count). The lowest BCUT2D eigenvalue weighted by molar-refractivity contribution is 0.624. The molecule has 2 aromatic rings. The molecule has 0 aromatic carbocycles.